The summed E-state index contributed by atoms with van der Waals surface area (Å²) in [6.45, 7) is 6.16. The van der Waals surface area contributed by atoms with Gasteiger partial charge in [0.15, 0.2) is 0 Å². The van der Waals surface area contributed by atoms with E-state index in [2.05, 4.69) is 61.4 Å². The average molecular weight is 436 g/mol. The number of rotatable bonds is 11. The van der Waals surface area contributed by atoms with Gasteiger partial charge in [-0.25, -0.2) is 4.98 Å². The van der Waals surface area contributed by atoms with Crippen molar-refractivity contribution in [2.75, 3.05) is 51.3 Å². The van der Waals surface area contributed by atoms with E-state index in [9.17, 15) is 0 Å². The number of benzene rings is 2. The van der Waals surface area contributed by atoms with Gasteiger partial charge in [0.2, 0.25) is 0 Å². The molecule has 0 saturated carbocycles. The number of anilines is 1. The maximum Gasteiger partial charge on any atom is 0.142 e. The third kappa shape index (κ3) is 6.23. The fraction of sp³-hybridized carbons (Fsp3) is 0.440. The molecule has 1 fully saturated rings. The maximum atomic E-state index is 5.93. The van der Waals surface area contributed by atoms with Crippen LogP contribution in [0.1, 0.15) is 24.2 Å². The summed E-state index contributed by atoms with van der Waals surface area (Å²) in [6.07, 6.45) is 5.59. The Balaban J connectivity index is 1.09. The minimum absolute atomic E-state index is 0.762. The Morgan fingerprint density at radius 2 is 1.75 bits per heavy atom. The lowest BCUT2D eigenvalue weighted by Crippen LogP contribution is -2.46. The molecule has 3 aromatic rings. The minimum atomic E-state index is 0.762. The lowest BCUT2D eigenvalue weighted by Gasteiger charge is -2.36. The topological polar surface area (TPSA) is 66.5 Å². The summed E-state index contributed by atoms with van der Waals surface area (Å²) in [5.41, 5.74) is 2.48. The lowest BCUT2D eigenvalue weighted by atomic mass is 10.1. The second-order valence-electron chi connectivity index (χ2n) is 8.13. The number of H-pyrrole nitrogens is 1. The summed E-state index contributed by atoms with van der Waals surface area (Å²) in [5, 5.41) is 6.78. The highest BCUT2D eigenvalue weighted by atomic mass is 16.5. The maximum absolute atomic E-state index is 5.93. The van der Waals surface area contributed by atoms with Crippen LogP contribution in [-0.2, 0) is 12.8 Å². The number of nitrogens with zero attached hydrogens (tertiary/aromatic N) is 4. The summed E-state index contributed by atoms with van der Waals surface area (Å²) in [5.74, 6) is 2.83. The molecule has 0 unspecified atom stereocenters. The highest BCUT2D eigenvalue weighted by molar-refractivity contribution is 5.58. The van der Waals surface area contributed by atoms with Gasteiger partial charge < -0.3 is 14.4 Å². The molecule has 1 aliphatic heterocycles. The first-order valence-corrected chi connectivity index (χ1v) is 11.5. The smallest absolute Gasteiger partial charge is 0.142 e. The number of para-hydroxylation sites is 2. The van der Waals surface area contributed by atoms with Gasteiger partial charge in [-0.2, -0.15) is 5.10 Å². The van der Waals surface area contributed by atoms with Crippen LogP contribution in [0.3, 0.4) is 0 Å². The number of methoxy groups -OCH3 is 1. The van der Waals surface area contributed by atoms with E-state index < -0.39 is 0 Å². The molecule has 0 amide bonds. The summed E-state index contributed by atoms with van der Waals surface area (Å²) >= 11 is 0. The number of unbranched alkanes of at least 4 members (excludes halogenated alkanes) is 1. The van der Waals surface area contributed by atoms with Crippen LogP contribution >= 0.6 is 0 Å². The molecular weight excluding hydrogens is 402 g/mol. The molecule has 32 heavy (non-hydrogen) atoms. The molecule has 0 spiro atoms. The van der Waals surface area contributed by atoms with E-state index in [1.807, 2.05) is 12.1 Å². The number of piperazine rings is 1. The van der Waals surface area contributed by atoms with Crippen molar-refractivity contribution in [2.45, 2.75) is 25.7 Å². The predicted molar refractivity (Wildman–Crippen MR) is 127 cm³/mol. The van der Waals surface area contributed by atoms with Crippen LogP contribution in [0.2, 0.25) is 0 Å². The highest BCUT2D eigenvalue weighted by Crippen LogP contribution is 2.28. The zero-order valence-electron chi connectivity index (χ0n) is 18.9. The zero-order valence-corrected chi connectivity index (χ0v) is 18.9. The highest BCUT2D eigenvalue weighted by Gasteiger charge is 2.19. The Bertz CT molecular complexity index is 922. The first-order chi connectivity index (χ1) is 15.8. The minimum Gasteiger partial charge on any atom is -0.495 e. The van der Waals surface area contributed by atoms with Gasteiger partial charge in [-0.3, -0.25) is 10.00 Å². The molecular formula is C25H33N5O2. The van der Waals surface area contributed by atoms with Crippen LogP contribution in [0.15, 0.2) is 54.9 Å². The quantitative estimate of drug-likeness (QED) is 0.465. The van der Waals surface area contributed by atoms with E-state index in [0.29, 0.717) is 0 Å². The van der Waals surface area contributed by atoms with Crippen molar-refractivity contribution in [3.8, 4) is 11.5 Å². The molecule has 0 radical (unpaired) electrons. The van der Waals surface area contributed by atoms with E-state index in [0.717, 1.165) is 82.3 Å². The third-order valence-corrected chi connectivity index (χ3v) is 5.97. The molecule has 7 heteroatoms. The monoisotopic (exact) mass is 435 g/mol. The first kappa shape index (κ1) is 22.1. The van der Waals surface area contributed by atoms with Crippen LogP contribution < -0.4 is 14.4 Å². The Morgan fingerprint density at radius 1 is 0.938 bits per heavy atom. The number of aromatic amines is 1. The van der Waals surface area contributed by atoms with E-state index in [1.165, 1.54) is 11.3 Å². The van der Waals surface area contributed by atoms with Gasteiger partial charge in [0, 0.05) is 32.6 Å². The molecule has 0 aliphatic carbocycles. The lowest BCUT2D eigenvalue weighted by molar-refractivity contribution is 0.238. The Hall–Kier alpha value is -3.06. The summed E-state index contributed by atoms with van der Waals surface area (Å²) in [4.78, 5) is 9.14. The van der Waals surface area contributed by atoms with Crippen LogP contribution in [0.4, 0.5) is 5.69 Å². The van der Waals surface area contributed by atoms with Crippen molar-refractivity contribution in [1.29, 1.82) is 0 Å². The van der Waals surface area contributed by atoms with Crippen molar-refractivity contribution >= 4 is 5.69 Å². The van der Waals surface area contributed by atoms with Crippen molar-refractivity contribution in [3.05, 3.63) is 66.2 Å². The van der Waals surface area contributed by atoms with Gasteiger partial charge >= 0.3 is 0 Å². The predicted octanol–water partition coefficient (Wildman–Crippen LogP) is 3.58. The molecule has 2 aromatic carbocycles. The average Bonchev–Trinajstić information content (AvgIpc) is 3.37. The molecule has 1 N–H and O–H groups in total. The van der Waals surface area contributed by atoms with Crippen molar-refractivity contribution < 1.29 is 9.47 Å². The van der Waals surface area contributed by atoms with Gasteiger partial charge in [-0.1, -0.05) is 24.3 Å². The molecule has 4 rings (SSSR count). The van der Waals surface area contributed by atoms with E-state index in [-0.39, 0.29) is 0 Å². The molecule has 1 saturated heterocycles. The molecule has 2 heterocycles. The summed E-state index contributed by atoms with van der Waals surface area (Å²) < 4.78 is 11.4. The van der Waals surface area contributed by atoms with E-state index in [1.54, 1.807) is 13.4 Å². The number of ether oxygens (including phenoxy) is 2. The van der Waals surface area contributed by atoms with Crippen molar-refractivity contribution in [3.63, 3.8) is 0 Å². The number of aromatic nitrogens is 3. The molecule has 7 nitrogen and oxygen atoms in total. The summed E-state index contributed by atoms with van der Waals surface area (Å²) in [6, 6.07) is 16.7. The molecule has 1 aliphatic rings. The molecule has 1 aromatic heterocycles. The van der Waals surface area contributed by atoms with Crippen molar-refractivity contribution in [2.24, 2.45) is 0 Å². The van der Waals surface area contributed by atoms with Crippen LogP contribution in [-0.4, -0.2) is 66.5 Å². The number of nitrogens with one attached hydrogen (secondary N) is 1. The van der Waals surface area contributed by atoms with E-state index >= 15 is 0 Å². The van der Waals surface area contributed by atoms with Gasteiger partial charge in [0.05, 0.1) is 19.4 Å². The molecule has 170 valence electrons. The fourth-order valence-corrected chi connectivity index (χ4v) is 4.10. The second-order valence-corrected chi connectivity index (χ2v) is 8.13. The Morgan fingerprint density at radius 3 is 2.50 bits per heavy atom. The first-order valence-electron chi connectivity index (χ1n) is 11.5. The normalized spacial score (nSPS) is 14.5. The van der Waals surface area contributed by atoms with Gasteiger partial charge in [-0.05, 0) is 55.6 Å². The second kappa shape index (κ2) is 11.5. The van der Waals surface area contributed by atoms with Crippen LogP contribution in [0.5, 0.6) is 11.5 Å². The van der Waals surface area contributed by atoms with Crippen LogP contribution in [0, 0.1) is 0 Å². The van der Waals surface area contributed by atoms with Crippen molar-refractivity contribution in [1.82, 2.24) is 20.1 Å². The number of aryl methyl sites for hydroxylation is 2. The number of hydrogen-bond acceptors (Lipinski definition) is 6. The molecule has 0 bridgehead atoms. The fourth-order valence-electron chi connectivity index (χ4n) is 4.10. The standard InChI is InChI=1S/C25H33N5O2/c1-31-24-7-3-2-6-23(24)30-17-15-29(16-18-30)14-4-5-19-32-22-11-8-21(9-12-22)10-13-25-26-20-27-28-25/h2-3,6-9,11-12,20H,4-5,10,13-19H2,1H3,(H,26,27,28). The summed E-state index contributed by atoms with van der Waals surface area (Å²) in [7, 11) is 1.74. The number of hydrogen-bond donors (Lipinski definition) is 1. The third-order valence-electron chi connectivity index (χ3n) is 5.97. The van der Waals surface area contributed by atoms with Crippen LogP contribution in [0.25, 0.3) is 0 Å². The molecule has 0 atom stereocenters. The van der Waals surface area contributed by atoms with Gasteiger partial charge in [0.1, 0.15) is 23.7 Å². The zero-order chi connectivity index (χ0) is 22.0. The Labute approximate surface area is 190 Å². The SMILES string of the molecule is COc1ccccc1N1CCN(CCCCOc2ccc(CCc3ncn[nH]3)cc2)CC1. The largest absolute Gasteiger partial charge is 0.495 e. The van der Waals surface area contributed by atoms with Gasteiger partial charge in [-0.15, -0.1) is 0 Å². The van der Waals surface area contributed by atoms with E-state index in [4.69, 9.17) is 9.47 Å². The van der Waals surface area contributed by atoms with Gasteiger partial charge in [0.25, 0.3) is 0 Å². The Kier molecular flexibility index (Phi) is 7.98.